The van der Waals surface area contributed by atoms with Crippen molar-refractivity contribution < 1.29 is 18.7 Å². The predicted molar refractivity (Wildman–Crippen MR) is 111 cm³/mol. The lowest BCUT2D eigenvalue weighted by Gasteiger charge is -2.21. The zero-order valence-corrected chi connectivity index (χ0v) is 17.2. The second-order valence-electron chi connectivity index (χ2n) is 6.54. The summed E-state index contributed by atoms with van der Waals surface area (Å²) in [6.07, 6.45) is 0. The van der Waals surface area contributed by atoms with E-state index >= 15 is 0 Å². The Morgan fingerprint density at radius 1 is 1.21 bits per heavy atom. The summed E-state index contributed by atoms with van der Waals surface area (Å²) in [5.41, 5.74) is 1.91. The lowest BCUT2D eigenvalue weighted by atomic mass is 10.2. The maximum absolute atomic E-state index is 14.0. The number of hydrogen-bond donors (Lipinski definition) is 0. The number of carbonyl (C=O) groups is 1. The molecule has 1 amide bonds. The first kappa shape index (κ1) is 21.0. The molecular formula is C22H23FN2O3S. The number of thiazole rings is 1. The third-order valence-corrected chi connectivity index (χ3v) is 5.13. The van der Waals surface area contributed by atoms with Crippen LogP contribution in [-0.4, -0.2) is 36.1 Å². The largest absolute Gasteiger partial charge is 0.486 e. The van der Waals surface area contributed by atoms with Crippen molar-refractivity contribution in [2.45, 2.75) is 20.1 Å². The molecule has 3 rings (SSSR count). The van der Waals surface area contributed by atoms with E-state index in [0.29, 0.717) is 19.8 Å². The van der Waals surface area contributed by atoms with E-state index in [1.54, 1.807) is 24.1 Å². The molecule has 152 valence electrons. The Labute approximate surface area is 173 Å². The monoisotopic (exact) mass is 414 g/mol. The van der Waals surface area contributed by atoms with Crippen LogP contribution in [0, 0.1) is 12.7 Å². The van der Waals surface area contributed by atoms with Crippen LogP contribution in [0.15, 0.2) is 53.9 Å². The molecule has 0 saturated carbocycles. The first-order valence-corrected chi connectivity index (χ1v) is 10.1. The summed E-state index contributed by atoms with van der Waals surface area (Å²) in [4.78, 5) is 18.9. The molecular weight excluding hydrogens is 391 g/mol. The summed E-state index contributed by atoms with van der Waals surface area (Å²) in [6, 6.07) is 13.8. The van der Waals surface area contributed by atoms with E-state index in [9.17, 15) is 9.18 Å². The average molecular weight is 415 g/mol. The van der Waals surface area contributed by atoms with Gasteiger partial charge in [-0.05, 0) is 36.8 Å². The van der Waals surface area contributed by atoms with E-state index in [1.165, 1.54) is 23.5 Å². The van der Waals surface area contributed by atoms with Gasteiger partial charge in [0, 0.05) is 19.0 Å². The summed E-state index contributed by atoms with van der Waals surface area (Å²) in [6.45, 7) is 3.34. The molecule has 0 aliphatic carbocycles. The highest BCUT2D eigenvalue weighted by molar-refractivity contribution is 7.09. The molecule has 0 aliphatic heterocycles. The zero-order chi connectivity index (χ0) is 20.6. The molecule has 7 heteroatoms. The number of halogens is 1. The summed E-state index contributed by atoms with van der Waals surface area (Å²) in [5, 5.41) is 2.70. The standard InChI is InChI=1S/C22H23FN2O3S/c1-16-6-5-7-18(12-16)28-14-21-24-17(15-29-21)13-25(10-11-27-2)22(26)19-8-3-4-9-20(19)23/h3-9,12,15H,10-11,13-14H2,1-2H3. The molecule has 0 N–H and O–H groups in total. The third-order valence-electron chi connectivity index (χ3n) is 4.26. The lowest BCUT2D eigenvalue weighted by Crippen LogP contribution is -2.34. The van der Waals surface area contributed by atoms with Crippen molar-refractivity contribution in [3.05, 3.63) is 81.6 Å². The highest BCUT2D eigenvalue weighted by Crippen LogP contribution is 2.18. The second-order valence-corrected chi connectivity index (χ2v) is 7.48. The van der Waals surface area contributed by atoms with Crippen molar-refractivity contribution in [1.29, 1.82) is 0 Å². The van der Waals surface area contributed by atoms with E-state index in [2.05, 4.69) is 4.98 Å². The molecule has 0 radical (unpaired) electrons. The minimum Gasteiger partial charge on any atom is -0.486 e. The van der Waals surface area contributed by atoms with E-state index < -0.39 is 5.82 Å². The Kier molecular flexibility index (Phi) is 7.32. The first-order chi connectivity index (χ1) is 14.1. The van der Waals surface area contributed by atoms with Crippen LogP contribution in [0.5, 0.6) is 5.75 Å². The number of carbonyl (C=O) groups excluding carboxylic acids is 1. The van der Waals surface area contributed by atoms with Crippen LogP contribution in [0.3, 0.4) is 0 Å². The van der Waals surface area contributed by atoms with Gasteiger partial charge in [0.1, 0.15) is 23.2 Å². The summed E-state index contributed by atoms with van der Waals surface area (Å²) < 4.78 is 24.9. The number of ether oxygens (including phenoxy) is 2. The van der Waals surface area contributed by atoms with Gasteiger partial charge < -0.3 is 14.4 Å². The highest BCUT2D eigenvalue weighted by Gasteiger charge is 2.20. The maximum atomic E-state index is 14.0. The number of nitrogens with zero attached hydrogens (tertiary/aromatic N) is 2. The van der Waals surface area contributed by atoms with Crippen molar-refractivity contribution >= 4 is 17.2 Å². The maximum Gasteiger partial charge on any atom is 0.257 e. The van der Waals surface area contributed by atoms with Gasteiger partial charge in [0.05, 0.1) is 24.4 Å². The molecule has 0 fully saturated rings. The Balaban J connectivity index is 1.67. The van der Waals surface area contributed by atoms with Gasteiger partial charge in [-0.25, -0.2) is 9.37 Å². The van der Waals surface area contributed by atoms with Crippen LogP contribution in [0.1, 0.15) is 26.6 Å². The fourth-order valence-corrected chi connectivity index (χ4v) is 3.49. The van der Waals surface area contributed by atoms with E-state index in [-0.39, 0.29) is 18.0 Å². The van der Waals surface area contributed by atoms with Gasteiger partial charge >= 0.3 is 0 Å². The van der Waals surface area contributed by atoms with Crippen LogP contribution in [0.25, 0.3) is 0 Å². The molecule has 0 aliphatic rings. The van der Waals surface area contributed by atoms with Crippen LogP contribution >= 0.6 is 11.3 Å². The second kappa shape index (κ2) is 10.1. The third kappa shape index (κ3) is 5.85. The number of rotatable bonds is 9. The molecule has 29 heavy (non-hydrogen) atoms. The number of methoxy groups -OCH3 is 1. The Hall–Kier alpha value is -2.77. The van der Waals surface area contributed by atoms with Crippen molar-refractivity contribution in [3.8, 4) is 5.75 Å². The Morgan fingerprint density at radius 2 is 2.03 bits per heavy atom. The first-order valence-electron chi connectivity index (χ1n) is 9.22. The molecule has 1 heterocycles. The number of aryl methyl sites for hydroxylation is 1. The van der Waals surface area contributed by atoms with Gasteiger partial charge in [0.25, 0.3) is 5.91 Å². The molecule has 0 unspecified atom stereocenters. The van der Waals surface area contributed by atoms with Gasteiger partial charge in [-0.2, -0.15) is 0 Å². The van der Waals surface area contributed by atoms with Crippen molar-refractivity contribution in [2.75, 3.05) is 20.3 Å². The zero-order valence-electron chi connectivity index (χ0n) is 16.4. The molecule has 0 atom stereocenters. The average Bonchev–Trinajstić information content (AvgIpc) is 3.17. The van der Waals surface area contributed by atoms with Crippen LogP contribution in [0.4, 0.5) is 4.39 Å². The number of aromatic nitrogens is 1. The van der Waals surface area contributed by atoms with Crippen molar-refractivity contribution in [2.24, 2.45) is 0 Å². The van der Waals surface area contributed by atoms with E-state index in [4.69, 9.17) is 9.47 Å². The van der Waals surface area contributed by atoms with Crippen LogP contribution in [-0.2, 0) is 17.9 Å². The quantitative estimate of drug-likeness (QED) is 0.519. The van der Waals surface area contributed by atoms with Crippen molar-refractivity contribution in [3.63, 3.8) is 0 Å². The highest BCUT2D eigenvalue weighted by atomic mass is 32.1. The summed E-state index contributed by atoms with van der Waals surface area (Å²) >= 11 is 1.47. The van der Waals surface area contributed by atoms with Crippen LogP contribution in [0.2, 0.25) is 0 Å². The number of hydrogen-bond acceptors (Lipinski definition) is 5. The number of amides is 1. The lowest BCUT2D eigenvalue weighted by molar-refractivity contribution is 0.0673. The predicted octanol–water partition coefficient (Wildman–Crippen LogP) is 4.46. The van der Waals surface area contributed by atoms with E-state index in [0.717, 1.165) is 22.0 Å². The van der Waals surface area contributed by atoms with Crippen molar-refractivity contribution in [1.82, 2.24) is 9.88 Å². The molecule has 0 bridgehead atoms. The molecule has 0 spiro atoms. The number of benzene rings is 2. The Morgan fingerprint density at radius 3 is 2.79 bits per heavy atom. The van der Waals surface area contributed by atoms with Gasteiger partial charge in [-0.3, -0.25) is 4.79 Å². The topological polar surface area (TPSA) is 51.7 Å². The fourth-order valence-electron chi connectivity index (χ4n) is 2.79. The minimum absolute atomic E-state index is 0.0434. The molecule has 1 aromatic heterocycles. The summed E-state index contributed by atoms with van der Waals surface area (Å²) in [5.74, 6) is -0.130. The van der Waals surface area contributed by atoms with Gasteiger partial charge in [-0.1, -0.05) is 24.3 Å². The van der Waals surface area contributed by atoms with Gasteiger partial charge in [0.15, 0.2) is 0 Å². The van der Waals surface area contributed by atoms with Gasteiger partial charge in [0.2, 0.25) is 0 Å². The molecule has 2 aromatic carbocycles. The minimum atomic E-state index is -0.537. The van der Waals surface area contributed by atoms with Gasteiger partial charge in [-0.15, -0.1) is 11.3 Å². The van der Waals surface area contributed by atoms with Crippen LogP contribution < -0.4 is 4.74 Å². The normalized spacial score (nSPS) is 10.7. The molecule has 0 saturated heterocycles. The Bertz CT molecular complexity index is 960. The SMILES string of the molecule is COCCN(Cc1csc(COc2cccc(C)c2)n1)C(=O)c1ccccc1F. The smallest absolute Gasteiger partial charge is 0.257 e. The fraction of sp³-hybridized carbons (Fsp3) is 0.273. The summed E-state index contributed by atoms with van der Waals surface area (Å²) in [7, 11) is 1.56. The van der Waals surface area contributed by atoms with E-state index in [1.807, 2.05) is 36.6 Å². The molecule has 5 nitrogen and oxygen atoms in total. The molecule has 3 aromatic rings.